The maximum absolute atomic E-state index is 12.9. The van der Waals surface area contributed by atoms with E-state index in [2.05, 4.69) is 34.3 Å². The van der Waals surface area contributed by atoms with Gasteiger partial charge in [0.2, 0.25) is 0 Å². The number of para-hydroxylation sites is 1. The number of carbonyl (C=O) groups excluding carboxylic acids is 1. The van der Waals surface area contributed by atoms with Crippen molar-refractivity contribution in [2.75, 3.05) is 31.6 Å². The number of hydrogen-bond acceptors (Lipinski definition) is 5. The summed E-state index contributed by atoms with van der Waals surface area (Å²) in [4.78, 5) is 29.1. The third kappa shape index (κ3) is 6.00. The van der Waals surface area contributed by atoms with Gasteiger partial charge in [-0.2, -0.15) is 5.10 Å². The van der Waals surface area contributed by atoms with Crippen LogP contribution in [-0.4, -0.2) is 47.3 Å². The van der Waals surface area contributed by atoms with Crippen LogP contribution in [0.1, 0.15) is 35.3 Å². The van der Waals surface area contributed by atoms with Crippen LogP contribution in [0.2, 0.25) is 0 Å². The minimum absolute atomic E-state index is 0.229. The van der Waals surface area contributed by atoms with Gasteiger partial charge in [0.1, 0.15) is 18.1 Å². The lowest BCUT2D eigenvalue weighted by Crippen LogP contribution is -2.32. The Labute approximate surface area is 194 Å². The van der Waals surface area contributed by atoms with E-state index >= 15 is 0 Å². The molecule has 7 nitrogen and oxygen atoms in total. The lowest BCUT2D eigenvalue weighted by molar-refractivity contribution is 0.0776. The van der Waals surface area contributed by atoms with E-state index in [0.717, 1.165) is 24.4 Å². The van der Waals surface area contributed by atoms with Crippen molar-refractivity contribution >= 4 is 11.6 Å². The molecule has 0 aliphatic carbocycles. The normalized spacial score (nSPS) is 13.5. The van der Waals surface area contributed by atoms with Crippen molar-refractivity contribution in [2.45, 2.75) is 32.4 Å². The van der Waals surface area contributed by atoms with Crippen LogP contribution in [0, 0.1) is 0 Å². The molecule has 172 valence electrons. The zero-order valence-corrected chi connectivity index (χ0v) is 19.0. The summed E-state index contributed by atoms with van der Waals surface area (Å²) in [5.74, 6) is 0.497. The average Bonchev–Trinajstić information content (AvgIpc) is 2.86. The van der Waals surface area contributed by atoms with Crippen molar-refractivity contribution in [3.05, 3.63) is 88.3 Å². The third-order valence-electron chi connectivity index (χ3n) is 5.82. The largest absolute Gasteiger partial charge is 0.492 e. The molecular formula is C26H30N4O3. The van der Waals surface area contributed by atoms with Crippen LogP contribution in [0.4, 0.5) is 5.69 Å². The van der Waals surface area contributed by atoms with Gasteiger partial charge in [0, 0.05) is 38.4 Å². The van der Waals surface area contributed by atoms with Gasteiger partial charge < -0.3 is 14.5 Å². The quantitative estimate of drug-likeness (QED) is 0.529. The minimum atomic E-state index is -0.265. The van der Waals surface area contributed by atoms with E-state index in [0.29, 0.717) is 6.54 Å². The lowest BCUT2D eigenvalue weighted by Gasteiger charge is -2.29. The highest BCUT2D eigenvalue weighted by Gasteiger charge is 2.16. The average molecular weight is 447 g/mol. The van der Waals surface area contributed by atoms with Crippen LogP contribution in [0.25, 0.3) is 0 Å². The van der Waals surface area contributed by atoms with Crippen molar-refractivity contribution in [2.24, 2.45) is 0 Å². The van der Waals surface area contributed by atoms with Crippen molar-refractivity contribution in [1.29, 1.82) is 0 Å². The van der Waals surface area contributed by atoms with Gasteiger partial charge in [0.05, 0.1) is 6.54 Å². The second-order valence-corrected chi connectivity index (χ2v) is 8.32. The molecule has 0 bridgehead atoms. The zero-order chi connectivity index (χ0) is 23.0. The first-order valence-corrected chi connectivity index (χ1v) is 11.5. The van der Waals surface area contributed by atoms with Crippen LogP contribution in [0.3, 0.4) is 0 Å². The summed E-state index contributed by atoms with van der Waals surface area (Å²) in [6.45, 7) is 3.23. The summed E-state index contributed by atoms with van der Waals surface area (Å²) in [5, 5.41) is 4.27. The van der Waals surface area contributed by atoms with Gasteiger partial charge in [-0.3, -0.25) is 9.59 Å². The summed E-state index contributed by atoms with van der Waals surface area (Å²) >= 11 is 0. The molecule has 1 amide bonds. The molecule has 2 aromatic carbocycles. The Morgan fingerprint density at radius 2 is 1.70 bits per heavy atom. The number of anilines is 1. The number of nitrogens with zero attached hydrogens (tertiary/aromatic N) is 4. The predicted molar refractivity (Wildman–Crippen MR) is 129 cm³/mol. The van der Waals surface area contributed by atoms with Gasteiger partial charge in [0.15, 0.2) is 0 Å². The number of carbonyl (C=O) groups is 1. The van der Waals surface area contributed by atoms with Crippen LogP contribution in [0.15, 0.2) is 71.5 Å². The van der Waals surface area contributed by atoms with E-state index in [1.165, 1.54) is 41.8 Å². The second-order valence-electron chi connectivity index (χ2n) is 8.32. The molecule has 3 aromatic rings. The van der Waals surface area contributed by atoms with Gasteiger partial charge in [0.25, 0.3) is 11.5 Å². The maximum atomic E-state index is 12.9. The molecular weight excluding hydrogens is 416 g/mol. The number of aromatic nitrogens is 2. The first kappa shape index (κ1) is 22.6. The smallest absolute Gasteiger partial charge is 0.274 e. The molecule has 0 unspecified atom stereocenters. The van der Waals surface area contributed by atoms with Gasteiger partial charge >= 0.3 is 0 Å². The first-order valence-electron chi connectivity index (χ1n) is 11.5. The molecule has 4 rings (SSSR count). The standard InChI is InChI=1S/C26H30N4O3/c1-28(20-21-10-12-22(13-11-21)29-16-6-3-7-17-29)26(32)24-14-15-25(31)30(27-24)18-19-33-23-8-4-2-5-9-23/h2,4-5,8-15H,3,6-7,16-20H2,1H3. The van der Waals surface area contributed by atoms with Crippen LogP contribution in [0.5, 0.6) is 5.75 Å². The third-order valence-corrected chi connectivity index (χ3v) is 5.82. The van der Waals surface area contributed by atoms with Crippen LogP contribution < -0.4 is 15.2 Å². The summed E-state index contributed by atoms with van der Waals surface area (Å²) in [7, 11) is 1.75. The molecule has 2 heterocycles. The molecule has 1 fully saturated rings. The van der Waals surface area contributed by atoms with Gasteiger partial charge in [-0.25, -0.2) is 4.68 Å². The highest BCUT2D eigenvalue weighted by molar-refractivity contribution is 5.91. The molecule has 7 heteroatoms. The Bertz CT molecular complexity index is 1110. The number of hydrogen-bond donors (Lipinski definition) is 0. The second kappa shape index (κ2) is 10.8. The highest BCUT2D eigenvalue weighted by atomic mass is 16.5. The summed E-state index contributed by atoms with van der Waals surface area (Å²) in [6.07, 6.45) is 3.79. The summed E-state index contributed by atoms with van der Waals surface area (Å²) < 4.78 is 6.92. The minimum Gasteiger partial charge on any atom is -0.492 e. The fourth-order valence-electron chi connectivity index (χ4n) is 4.00. The fourth-order valence-corrected chi connectivity index (χ4v) is 4.00. The number of benzene rings is 2. The SMILES string of the molecule is CN(Cc1ccc(N2CCCCC2)cc1)C(=O)c1ccc(=O)n(CCOc2ccccc2)n1. The summed E-state index contributed by atoms with van der Waals surface area (Å²) in [5.41, 5.74) is 2.26. The number of amides is 1. The van der Waals surface area contributed by atoms with Crippen molar-refractivity contribution in [3.8, 4) is 5.75 Å². The molecule has 1 aromatic heterocycles. The van der Waals surface area contributed by atoms with Crippen LogP contribution >= 0.6 is 0 Å². The van der Waals surface area contributed by atoms with E-state index in [9.17, 15) is 9.59 Å². The number of rotatable bonds is 8. The highest BCUT2D eigenvalue weighted by Crippen LogP contribution is 2.20. The predicted octanol–water partition coefficient (Wildman–Crippen LogP) is 3.58. The van der Waals surface area contributed by atoms with E-state index in [4.69, 9.17) is 4.74 Å². The van der Waals surface area contributed by atoms with Crippen LogP contribution in [-0.2, 0) is 13.1 Å². The molecule has 1 aliphatic heterocycles. The fraction of sp³-hybridized carbons (Fsp3) is 0.346. The monoisotopic (exact) mass is 446 g/mol. The lowest BCUT2D eigenvalue weighted by atomic mass is 10.1. The topological polar surface area (TPSA) is 67.7 Å². The molecule has 0 radical (unpaired) electrons. The van der Waals surface area contributed by atoms with E-state index < -0.39 is 0 Å². The molecule has 0 spiro atoms. The number of piperidine rings is 1. The van der Waals surface area contributed by atoms with E-state index in [-0.39, 0.29) is 30.3 Å². The van der Waals surface area contributed by atoms with Gasteiger partial charge in [-0.15, -0.1) is 0 Å². The van der Waals surface area contributed by atoms with Crippen molar-refractivity contribution in [1.82, 2.24) is 14.7 Å². The van der Waals surface area contributed by atoms with Crippen molar-refractivity contribution < 1.29 is 9.53 Å². The maximum Gasteiger partial charge on any atom is 0.274 e. The molecule has 33 heavy (non-hydrogen) atoms. The molecule has 1 saturated heterocycles. The molecule has 1 aliphatic rings. The zero-order valence-electron chi connectivity index (χ0n) is 19.0. The molecule has 0 N–H and O–H groups in total. The number of ether oxygens (including phenoxy) is 1. The van der Waals surface area contributed by atoms with Gasteiger partial charge in [-0.1, -0.05) is 30.3 Å². The Morgan fingerprint density at radius 3 is 2.42 bits per heavy atom. The van der Waals surface area contributed by atoms with E-state index in [1.54, 1.807) is 11.9 Å². The Kier molecular flexibility index (Phi) is 7.40. The summed E-state index contributed by atoms with van der Waals surface area (Å²) in [6, 6.07) is 20.6. The van der Waals surface area contributed by atoms with E-state index in [1.807, 2.05) is 30.3 Å². The Hall–Kier alpha value is -3.61. The molecule has 0 atom stereocenters. The Balaban J connectivity index is 1.35. The Morgan fingerprint density at radius 1 is 0.970 bits per heavy atom. The first-order chi connectivity index (χ1) is 16.1. The van der Waals surface area contributed by atoms with Crippen molar-refractivity contribution in [3.63, 3.8) is 0 Å². The molecule has 0 saturated carbocycles. The van der Waals surface area contributed by atoms with Gasteiger partial charge in [-0.05, 0) is 55.2 Å².